The molecular formula is C16H23NO2. The second kappa shape index (κ2) is 6.53. The molecule has 0 heterocycles. The van der Waals surface area contributed by atoms with Crippen LogP contribution in [0, 0.1) is 20.8 Å². The molecule has 1 N–H and O–H groups in total. The van der Waals surface area contributed by atoms with Gasteiger partial charge in [0.2, 0.25) is 5.91 Å². The molecule has 0 spiro atoms. The van der Waals surface area contributed by atoms with E-state index in [0.29, 0.717) is 0 Å². The number of likely N-dealkylation sites (N-methyl/N-ethyl adjacent to an activating group) is 1. The van der Waals surface area contributed by atoms with E-state index in [4.69, 9.17) is 5.11 Å². The van der Waals surface area contributed by atoms with Crippen molar-refractivity contribution in [2.24, 2.45) is 0 Å². The topological polar surface area (TPSA) is 40.5 Å². The molecule has 0 saturated carbocycles. The molecule has 1 unspecified atom stereocenters. The average Bonchev–Trinajstić information content (AvgIpc) is 2.39. The Labute approximate surface area is 115 Å². The van der Waals surface area contributed by atoms with E-state index >= 15 is 0 Å². The summed E-state index contributed by atoms with van der Waals surface area (Å²) < 4.78 is 0. The third kappa shape index (κ3) is 3.93. The Bertz CT molecular complexity index is 492. The molecule has 3 heteroatoms. The van der Waals surface area contributed by atoms with Crippen LogP contribution in [0.3, 0.4) is 0 Å². The van der Waals surface area contributed by atoms with E-state index in [9.17, 15) is 4.79 Å². The van der Waals surface area contributed by atoms with Crippen molar-refractivity contribution in [3.8, 4) is 0 Å². The predicted molar refractivity (Wildman–Crippen MR) is 79.0 cm³/mol. The zero-order valence-corrected chi connectivity index (χ0v) is 12.4. The molecule has 1 amide bonds. The molecule has 0 radical (unpaired) electrons. The van der Waals surface area contributed by atoms with Gasteiger partial charge < -0.3 is 10.0 Å². The normalized spacial score (nSPS) is 12.7. The Kier molecular flexibility index (Phi) is 5.31. The van der Waals surface area contributed by atoms with Gasteiger partial charge in [-0.25, -0.2) is 0 Å². The lowest BCUT2D eigenvalue weighted by molar-refractivity contribution is -0.127. The van der Waals surface area contributed by atoms with E-state index in [2.05, 4.69) is 26.0 Å². The third-order valence-corrected chi connectivity index (χ3v) is 3.56. The number of aliphatic hydroxyl groups excluding tert-OH is 1. The molecule has 0 aliphatic carbocycles. The third-order valence-electron chi connectivity index (χ3n) is 3.56. The van der Waals surface area contributed by atoms with E-state index < -0.39 is 0 Å². The Morgan fingerprint density at radius 2 is 1.84 bits per heavy atom. The van der Waals surface area contributed by atoms with Gasteiger partial charge in [0.1, 0.15) is 0 Å². The SMILES string of the molecule is Cc1cc(C)c(/C=C/C(=O)N(C)C(C)CO)cc1C. The number of hydrogen-bond acceptors (Lipinski definition) is 2. The van der Waals surface area contributed by atoms with Crippen LogP contribution in [-0.4, -0.2) is 35.6 Å². The van der Waals surface area contributed by atoms with Crippen LogP contribution >= 0.6 is 0 Å². The maximum atomic E-state index is 11.9. The number of aliphatic hydroxyl groups is 1. The van der Waals surface area contributed by atoms with Crippen molar-refractivity contribution < 1.29 is 9.90 Å². The largest absolute Gasteiger partial charge is 0.394 e. The summed E-state index contributed by atoms with van der Waals surface area (Å²) in [4.78, 5) is 13.4. The van der Waals surface area contributed by atoms with Gasteiger partial charge >= 0.3 is 0 Å². The van der Waals surface area contributed by atoms with E-state index in [1.54, 1.807) is 13.1 Å². The zero-order chi connectivity index (χ0) is 14.6. The number of amides is 1. The molecule has 1 atom stereocenters. The summed E-state index contributed by atoms with van der Waals surface area (Å²) in [6.07, 6.45) is 3.40. The Morgan fingerprint density at radius 3 is 2.42 bits per heavy atom. The molecule has 104 valence electrons. The van der Waals surface area contributed by atoms with Gasteiger partial charge in [0.15, 0.2) is 0 Å². The summed E-state index contributed by atoms with van der Waals surface area (Å²) in [7, 11) is 1.70. The minimum Gasteiger partial charge on any atom is -0.394 e. The van der Waals surface area contributed by atoms with E-state index in [1.165, 1.54) is 16.0 Å². The summed E-state index contributed by atoms with van der Waals surface area (Å²) in [5.41, 5.74) is 4.69. The molecule has 1 aromatic rings. The highest BCUT2D eigenvalue weighted by molar-refractivity contribution is 5.92. The van der Waals surface area contributed by atoms with Gasteiger partial charge in [-0.1, -0.05) is 12.1 Å². The van der Waals surface area contributed by atoms with Gasteiger partial charge in [-0.05, 0) is 56.0 Å². The first-order valence-corrected chi connectivity index (χ1v) is 6.50. The Morgan fingerprint density at radius 1 is 1.26 bits per heavy atom. The number of rotatable bonds is 4. The minimum atomic E-state index is -0.169. The van der Waals surface area contributed by atoms with Crippen LogP contribution in [0.25, 0.3) is 6.08 Å². The first kappa shape index (κ1) is 15.4. The second-order valence-electron chi connectivity index (χ2n) is 5.11. The molecular weight excluding hydrogens is 238 g/mol. The standard InChI is InChI=1S/C16H23NO2/c1-11-8-13(3)15(9-12(11)2)6-7-16(19)17(5)14(4)10-18/h6-9,14,18H,10H2,1-5H3/b7-6+. The summed E-state index contributed by atoms with van der Waals surface area (Å²) in [5, 5.41) is 9.03. The maximum Gasteiger partial charge on any atom is 0.246 e. The predicted octanol–water partition coefficient (Wildman–Crippen LogP) is 2.46. The molecule has 1 aromatic carbocycles. The highest BCUT2D eigenvalue weighted by Crippen LogP contribution is 2.16. The number of aryl methyl sites for hydroxylation is 3. The van der Waals surface area contributed by atoms with Crippen molar-refractivity contribution in [3.63, 3.8) is 0 Å². The molecule has 0 bridgehead atoms. The molecule has 0 saturated heterocycles. The number of nitrogens with zero attached hydrogens (tertiary/aromatic N) is 1. The van der Waals surface area contributed by atoms with Gasteiger partial charge in [0.25, 0.3) is 0 Å². The van der Waals surface area contributed by atoms with Crippen LogP contribution in [0.4, 0.5) is 0 Å². The number of carbonyl (C=O) groups is 1. The van der Waals surface area contributed by atoms with Crippen LogP contribution in [0.2, 0.25) is 0 Å². The van der Waals surface area contributed by atoms with E-state index in [-0.39, 0.29) is 18.6 Å². The Balaban J connectivity index is 2.88. The summed E-state index contributed by atoms with van der Waals surface area (Å²) >= 11 is 0. The summed E-state index contributed by atoms with van der Waals surface area (Å²) in [5.74, 6) is -0.0980. The quantitative estimate of drug-likeness (QED) is 0.846. The molecule has 0 aliphatic heterocycles. The van der Waals surface area contributed by atoms with Crippen LogP contribution in [-0.2, 0) is 4.79 Å². The highest BCUT2D eigenvalue weighted by atomic mass is 16.3. The zero-order valence-electron chi connectivity index (χ0n) is 12.4. The minimum absolute atomic E-state index is 0.0290. The van der Waals surface area contributed by atoms with Crippen LogP contribution in [0.15, 0.2) is 18.2 Å². The number of benzene rings is 1. The molecule has 0 aromatic heterocycles. The number of carbonyl (C=O) groups excluding carboxylic acids is 1. The van der Waals surface area contributed by atoms with Crippen molar-refractivity contribution >= 4 is 12.0 Å². The van der Waals surface area contributed by atoms with Crippen LogP contribution in [0.1, 0.15) is 29.2 Å². The summed E-state index contributed by atoms with van der Waals surface area (Å²) in [6.45, 7) is 7.97. The van der Waals surface area contributed by atoms with E-state index in [0.717, 1.165) is 11.1 Å². The van der Waals surface area contributed by atoms with Crippen molar-refractivity contribution in [2.75, 3.05) is 13.7 Å². The lowest BCUT2D eigenvalue weighted by Gasteiger charge is -2.21. The molecule has 0 fully saturated rings. The van der Waals surface area contributed by atoms with Crippen molar-refractivity contribution in [3.05, 3.63) is 40.5 Å². The smallest absolute Gasteiger partial charge is 0.246 e. The molecule has 19 heavy (non-hydrogen) atoms. The molecule has 1 rings (SSSR count). The van der Waals surface area contributed by atoms with Gasteiger partial charge in [0.05, 0.1) is 12.6 Å². The molecule has 0 aliphatic rings. The van der Waals surface area contributed by atoms with Crippen molar-refractivity contribution in [1.29, 1.82) is 0 Å². The second-order valence-corrected chi connectivity index (χ2v) is 5.11. The van der Waals surface area contributed by atoms with Crippen LogP contribution < -0.4 is 0 Å². The average molecular weight is 261 g/mol. The van der Waals surface area contributed by atoms with Gasteiger partial charge in [-0.15, -0.1) is 0 Å². The highest BCUT2D eigenvalue weighted by Gasteiger charge is 2.11. The van der Waals surface area contributed by atoms with Gasteiger partial charge in [-0.3, -0.25) is 4.79 Å². The number of hydrogen-bond donors (Lipinski definition) is 1. The molecule has 3 nitrogen and oxygen atoms in total. The van der Waals surface area contributed by atoms with Crippen molar-refractivity contribution in [2.45, 2.75) is 33.7 Å². The monoisotopic (exact) mass is 261 g/mol. The van der Waals surface area contributed by atoms with Crippen molar-refractivity contribution in [1.82, 2.24) is 4.90 Å². The maximum absolute atomic E-state index is 11.9. The van der Waals surface area contributed by atoms with E-state index in [1.807, 2.05) is 19.9 Å². The first-order valence-electron chi connectivity index (χ1n) is 6.50. The fraction of sp³-hybridized carbons (Fsp3) is 0.438. The van der Waals surface area contributed by atoms with Crippen LogP contribution in [0.5, 0.6) is 0 Å². The summed E-state index contributed by atoms with van der Waals surface area (Å²) in [6, 6.07) is 4.04. The lowest BCUT2D eigenvalue weighted by Crippen LogP contribution is -2.36. The fourth-order valence-electron chi connectivity index (χ4n) is 1.78. The lowest BCUT2D eigenvalue weighted by atomic mass is 10.0. The Hall–Kier alpha value is -1.61. The fourth-order valence-corrected chi connectivity index (χ4v) is 1.78. The first-order chi connectivity index (χ1) is 8.86. The van der Waals surface area contributed by atoms with Gasteiger partial charge in [-0.2, -0.15) is 0 Å². The van der Waals surface area contributed by atoms with Gasteiger partial charge in [0, 0.05) is 13.1 Å².